The fourth-order valence-corrected chi connectivity index (χ4v) is 1.54. The van der Waals surface area contributed by atoms with Crippen LogP contribution in [-0.4, -0.2) is 33.0 Å². The molecule has 1 atom stereocenters. The lowest BCUT2D eigenvalue weighted by Crippen LogP contribution is -2.41. The third-order valence-corrected chi connectivity index (χ3v) is 2.57. The van der Waals surface area contributed by atoms with Gasteiger partial charge in [-0.1, -0.05) is 0 Å². The first-order valence-corrected chi connectivity index (χ1v) is 6.37. The van der Waals surface area contributed by atoms with E-state index >= 15 is 0 Å². The Hall–Kier alpha value is -0.530. The summed E-state index contributed by atoms with van der Waals surface area (Å²) in [5, 5.41) is -0.129. The van der Waals surface area contributed by atoms with Crippen molar-refractivity contribution >= 4 is 27.9 Å². The van der Waals surface area contributed by atoms with Crippen LogP contribution < -0.4 is 9.44 Å². The number of amides is 1. The number of carbonyl (C=O) groups excluding carboxylic acids is 1. The van der Waals surface area contributed by atoms with Crippen molar-refractivity contribution in [2.45, 2.75) is 25.6 Å². The van der Waals surface area contributed by atoms with Gasteiger partial charge in [0.2, 0.25) is 0 Å². The molecule has 15 heavy (non-hydrogen) atoms. The quantitative estimate of drug-likeness (QED) is 0.683. The molecular weight excluding hydrogens is 244 g/mol. The number of ether oxygens (including phenoxy) is 1. The van der Waals surface area contributed by atoms with Gasteiger partial charge in [0.15, 0.2) is 0 Å². The maximum Gasteiger partial charge on any atom is 0.421 e. The van der Waals surface area contributed by atoms with Gasteiger partial charge in [0.1, 0.15) is 0 Å². The third kappa shape index (κ3) is 8.46. The summed E-state index contributed by atoms with van der Waals surface area (Å²) in [6, 6.07) is 0. The Bertz CT molecular complexity index is 291. The molecule has 1 unspecified atom stereocenters. The Morgan fingerprint density at radius 3 is 2.60 bits per heavy atom. The van der Waals surface area contributed by atoms with E-state index in [1.807, 2.05) is 0 Å². The van der Waals surface area contributed by atoms with Crippen LogP contribution in [0.1, 0.15) is 20.3 Å². The maximum atomic E-state index is 11.1. The zero-order chi connectivity index (χ0) is 11.9. The van der Waals surface area contributed by atoms with Crippen molar-refractivity contribution in [3.05, 3.63) is 0 Å². The van der Waals surface area contributed by atoms with Crippen molar-refractivity contribution in [1.82, 2.24) is 9.44 Å². The molecule has 0 aromatic rings. The van der Waals surface area contributed by atoms with Crippen LogP contribution in [0.25, 0.3) is 0 Å². The predicted octanol–water partition coefficient (Wildman–Crippen LogP) is 0.584. The Labute approximate surface area is 94.5 Å². The molecule has 0 saturated heterocycles. The molecule has 6 nitrogen and oxygen atoms in total. The van der Waals surface area contributed by atoms with E-state index in [2.05, 4.69) is 9.46 Å². The van der Waals surface area contributed by atoms with E-state index in [1.165, 1.54) is 0 Å². The molecule has 0 heterocycles. The summed E-state index contributed by atoms with van der Waals surface area (Å²) in [4.78, 5) is 10.8. The summed E-state index contributed by atoms with van der Waals surface area (Å²) in [5.41, 5.74) is 0. The second kappa shape index (κ2) is 6.86. The standard InChI is InChI=1S/C7H15ClN2O4S/c1-3-14-7(11)10-15(12,13)9-5-4-6(2)8/h6,9H,3-5H2,1-2H3,(H,10,11). The maximum absolute atomic E-state index is 11.1. The number of carbonyl (C=O) groups is 1. The highest BCUT2D eigenvalue weighted by Crippen LogP contribution is 1.97. The molecule has 0 fully saturated rings. The highest BCUT2D eigenvalue weighted by Gasteiger charge is 2.14. The average molecular weight is 259 g/mol. The summed E-state index contributed by atoms with van der Waals surface area (Å²) in [7, 11) is -3.83. The predicted molar refractivity (Wildman–Crippen MR) is 57.0 cm³/mol. The number of nitrogens with one attached hydrogen (secondary N) is 2. The van der Waals surface area contributed by atoms with E-state index < -0.39 is 16.3 Å². The van der Waals surface area contributed by atoms with Gasteiger partial charge in [0.25, 0.3) is 0 Å². The van der Waals surface area contributed by atoms with Crippen molar-refractivity contribution in [3.8, 4) is 0 Å². The van der Waals surface area contributed by atoms with E-state index in [9.17, 15) is 13.2 Å². The molecule has 0 aromatic carbocycles. The van der Waals surface area contributed by atoms with Gasteiger partial charge in [-0.15, -0.1) is 11.6 Å². The molecule has 90 valence electrons. The van der Waals surface area contributed by atoms with Gasteiger partial charge >= 0.3 is 16.3 Å². The van der Waals surface area contributed by atoms with Gasteiger partial charge in [-0.2, -0.15) is 13.1 Å². The third-order valence-electron chi connectivity index (χ3n) is 1.33. The van der Waals surface area contributed by atoms with Crippen LogP contribution in [0.2, 0.25) is 0 Å². The minimum Gasteiger partial charge on any atom is -0.449 e. The number of hydrogen-bond acceptors (Lipinski definition) is 4. The van der Waals surface area contributed by atoms with Gasteiger partial charge < -0.3 is 4.74 Å². The lowest BCUT2D eigenvalue weighted by molar-refractivity contribution is 0.158. The molecule has 0 rings (SSSR count). The SMILES string of the molecule is CCOC(=O)NS(=O)(=O)NCCC(C)Cl. The molecule has 0 aromatic heterocycles. The van der Waals surface area contributed by atoms with Crippen LogP contribution in [-0.2, 0) is 14.9 Å². The highest BCUT2D eigenvalue weighted by atomic mass is 35.5. The summed E-state index contributed by atoms with van der Waals surface area (Å²) in [6.07, 6.45) is -0.519. The van der Waals surface area contributed by atoms with E-state index in [0.717, 1.165) is 0 Å². The zero-order valence-electron chi connectivity index (χ0n) is 8.62. The normalized spacial score (nSPS) is 13.3. The smallest absolute Gasteiger partial charge is 0.421 e. The molecule has 8 heteroatoms. The van der Waals surface area contributed by atoms with Crippen LogP contribution in [0, 0.1) is 0 Å². The van der Waals surface area contributed by atoms with Gasteiger partial charge in [0, 0.05) is 11.9 Å². The first-order chi connectivity index (χ1) is 6.87. The fraction of sp³-hybridized carbons (Fsp3) is 0.857. The molecule has 0 aliphatic heterocycles. The van der Waals surface area contributed by atoms with Crippen molar-refractivity contribution in [2.75, 3.05) is 13.2 Å². The Morgan fingerprint density at radius 2 is 2.13 bits per heavy atom. The van der Waals surface area contributed by atoms with Crippen LogP contribution >= 0.6 is 11.6 Å². The fourth-order valence-electron chi connectivity index (χ4n) is 0.699. The zero-order valence-corrected chi connectivity index (χ0v) is 10.2. The van der Waals surface area contributed by atoms with Crippen LogP contribution in [0.3, 0.4) is 0 Å². The molecule has 0 radical (unpaired) electrons. The molecule has 0 aliphatic rings. The first-order valence-electron chi connectivity index (χ1n) is 4.45. The van der Waals surface area contributed by atoms with E-state index in [0.29, 0.717) is 6.42 Å². The van der Waals surface area contributed by atoms with Crippen molar-refractivity contribution in [2.24, 2.45) is 0 Å². The van der Waals surface area contributed by atoms with Crippen molar-refractivity contribution < 1.29 is 17.9 Å². The Balaban J connectivity index is 3.92. The van der Waals surface area contributed by atoms with Crippen molar-refractivity contribution in [3.63, 3.8) is 0 Å². The molecule has 0 saturated carbocycles. The van der Waals surface area contributed by atoms with Gasteiger partial charge in [-0.05, 0) is 20.3 Å². The monoisotopic (exact) mass is 258 g/mol. The number of halogens is 1. The number of alkyl halides is 1. The van der Waals surface area contributed by atoms with Gasteiger partial charge in [-0.3, -0.25) is 0 Å². The summed E-state index contributed by atoms with van der Waals surface area (Å²) in [5.74, 6) is 0. The van der Waals surface area contributed by atoms with E-state index in [1.54, 1.807) is 18.6 Å². The van der Waals surface area contributed by atoms with Crippen LogP contribution in [0.5, 0.6) is 0 Å². The topological polar surface area (TPSA) is 84.5 Å². The molecule has 0 bridgehead atoms. The summed E-state index contributed by atoms with van der Waals surface area (Å²) < 4.78 is 30.5. The number of hydrogen-bond donors (Lipinski definition) is 2. The highest BCUT2D eigenvalue weighted by molar-refractivity contribution is 7.88. The second-order valence-electron chi connectivity index (χ2n) is 2.79. The Morgan fingerprint density at radius 1 is 1.53 bits per heavy atom. The second-order valence-corrected chi connectivity index (χ2v) is 5.03. The molecule has 1 amide bonds. The van der Waals surface area contributed by atoms with Crippen molar-refractivity contribution in [1.29, 1.82) is 0 Å². The van der Waals surface area contributed by atoms with E-state index in [-0.39, 0.29) is 18.5 Å². The van der Waals surface area contributed by atoms with Crippen LogP contribution in [0.15, 0.2) is 0 Å². The first kappa shape index (κ1) is 14.5. The summed E-state index contributed by atoms with van der Waals surface area (Å²) in [6.45, 7) is 3.60. The lowest BCUT2D eigenvalue weighted by Gasteiger charge is -2.08. The minimum atomic E-state index is -3.83. The molecule has 0 spiro atoms. The Kier molecular flexibility index (Phi) is 6.62. The molecule has 0 aliphatic carbocycles. The van der Waals surface area contributed by atoms with E-state index in [4.69, 9.17) is 11.6 Å². The number of rotatable bonds is 6. The largest absolute Gasteiger partial charge is 0.449 e. The minimum absolute atomic E-state index is 0.111. The van der Waals surface area contributed by atoms with Gasteiger partial charge in [-0.25, -0.2) is 9.52 Å². The lowest BCUT2D eigenvalue weighted by atomic mass is 10.3. The average Bonchev–Trinajstić information content (AvgIpc) is 2.01. The molecule has 2 N–H and O–H groups in total. The molecular formula is C7H15ClN2O4S. The summed E-state index contributed by atoms with van der Waals surface area (Å²) >= 11 is 5.62. The van der Waals surface area contributed by atoms with Gasteiger partial charge in [0.05, 0.1) is 6.61 Å². The van der Waals surface area contributed by atoms with Crippen LogP contribution in [0.4, 0.5) is 4.79 Å².